The lowest BCUT2D eigenvalue weighted by Gasteiger charge is -2.28. The van der Waals surface area contributed by atoms with Crippen molar-refractivity contribution in [3.63, 3.8) is 0 Å². The van der Waals surface area contributed by atoms with Crippen molar-refractivity contribution in [1.29, 1.82) is 0 Å². The van der Waals surface area contributed by atoms with Crippen molar-refractivity contribution in [3.05, 3.63) is 64.8 Å². The van der Waals surface area contributed by atoms with Crippen molar-refractivity contribution in [2.75, 3.05) is 35.7 Å². The number of rotatable bonds is 6. The molecule has 2 heterocycles. The molecule has 1 aliphatic heterocycles. The summed E-state index contributed by atoms with van der Waals surface area (Å²) >= 11 is 6.03. The van der Waals surface area contributed by atoms with Crippen LogP contribution in [0.5, 0.6) is 5.75 Å². The van der Waals surface area contributed by atoms with Crippen molar-refractivity contribution >= 4 is 40.6 Å². The van der Waals surface area contributed by atoms with Crippen LogP contribution in [0, 0.1) is 6.92 Å². The zero-order valence-corrected chi connectivity index (χ0v) is 18.9. The summed E-state index contributed by atoms with van der Waals surface area (Å²) in [5.41, 5.74) is 2.78. The number of hydrogen-bond donors (Lipinski definition) is 2. The van der Waals surface area contributed by atoms with Crippen molar-refractivity contribution in [2.45, 2.75) is 26.2 Å². The van der Waals surface area contributed by atoms with Crippen LogP contribution in [0.15, 0.2) is 48.5 Å². The molecular formula is C24H26ClN5O2. The molecule has 166 valence electrons. The predicted molar refractivity (Wildman–Crippen MR) is 129 cm³/mol. The van der Waals surface area contributed by atoms with Gasteiger partial charge in [0.2, 0.25) is 5.95 Å². The van der Waals surface area contributed by atoms with Gasteiger partial charge in [-0.15, -0.1) is 0 Å². The molecule has 3 aromatic rings. The number of amides is 1. The van der Waals surface area contributed by atoms with Gasteiger partial charge in [-0.1, -0.05) is 11.6 Å². The summed E-state index contributed by atoms with van der Waals surface area (Å²) in [4.78, 5) is 24.2. The van der Waals surface area contributed by atoms with Gasteiger partial charge in [0, 0.05) is 41.2 Å². The van der Waals surface area contributed by atoms with Crippen LogP contribution in [0.3, 0.4) is 0 Å². The third-order valence-electron chi connectivity index (χ3n) is 5.33. The first-order valence-electron chi connectivity index (χ1n) is 10.6. The maximum atomic E-state index is 12.7. The second-order valence-electron chi connectivity index (χ2n) is 7.74. The van der Waals surface area contributed by atoms with E-state index in [2.05, 4.69) is 20.5 Å². The molecule has 0 spiro atoms. The van der Waals surface area contributed by atoms with E-state index in [1.165, 1.54) is 26.4 Å². The monoisotopic (exact) mass is 451 g/mol. The van der Waals surface area contributed by atoms with Crippen molar-refractivity contribution in [1.82, 2.24) is 9.97 Å². The van der Waals surface area contributed by atoms with Gasteiger partial charge in [-0.2, -0.15) is 4.98 Å². The Hall–Kier alpha value is -3.32. The summed E-state index contributed by atoms with van der Waals surface area (Å²) in [7, 11) is 1.52. The number of anilines is 4. The van der Waals surface area contributed by atoms with Gasteiger partial charge in [0.05, 0.1) is 12.7 Å². The Labute approximate surface area is 192 Å². The van der Waals surface area contributed by atoms with Crippen LogP contribution in [0.1, 0.15) is 35.3 Å². The van der Waals surface area contributed by atoms with Crippen LogP contribution in [0.2, 0.25) is 5.02 Å². The zero-order chi connectivity index (χ0) is 22.5. The highest BCUT2D eigenvalue weighted by Gasteiger charge is 2.15. The first-order valence-corrected chi connectivity index (χ1v) is 11.0. The van der Waals surface area contributed by atoms with E-state index < -0.39 is 0 Å². The molecule has 1 aromatic heterocycles. The zero-order valence-electron chi connectivity index (χ0n) is 18.2. The second-order valence-corrected chi connectivity index (χ2v) is 8.18. The van der Waals surface area contributed by atoms with Gasteiger partial charge in [0.15, 0.2) is 0 Å². The third kappa shape index (κ3) is 5.29. The molecular weight excluding hydrogens is 426 g/mol. The summed E-state index contributed by atoms with van der Waals surface area (Å²) in [5, 5.41) is 6.60. The van der Waals surface area contributed by atoms with Gasteiger partial charge < -0.3 is 20.3 Å². The molecule has 1 fully saturated rings. The summed E-state index contributed by atoms with van der Waals surface area (Å²) in [5.74, 6) is 1.69. The van der Waals surface area contributed by atoms with Crippen LogP contribution in [0.4, 0.5) is 23.1 Å². The van der Waals surface area contributed by atoms with Crippen LogP contribution < -0.4 is 20.3 Å². The largest absolute Gasteiger partial charge is 0.496 e. The lowest BCUT2D eigenvalue weighted by molar-refractivity contribution is 0.102. The van der Waals surface area contributed by atoms with Gasteiger partial charge in [-0.05, 0) is 68.7 Å². The molecule has 8 heteroatoms. The van der Waals surface area contributed by atoms with Crippen LogP contribution >= 0.6 is 11.6 Å². The van der Waals surface area contributed by atoms with Gasteiger partial charge >= 0.3 is 0 Å². The third-order valence-corrected chi connectivity index (χ3v) is 5.56. The number of hydrogen-bond acceptors (Lipinski definition) is 6. The molecule has 7 nitrogen and oxygen atoms in total. The van der Waals surface area contributed by atoms with Crippen molar-refractivity contribution in [2.24, 2.45) is 0 Å². The highest BCUT2D eigenvalue weighted by molar-refractivity contribution is 6.31. The number of aryl methyl sites for hydroxylation is 1. The highest BCUT2D eigenvalue weighted by Crippen LogP contribution is 2.25. The standard InChI is InChI=1S/C24H26ClN5O2/c1-16-14-22(30-12-4-3-5-13-30)29-24(26-16)28-19-9-7-18(8-10-19)27-23(31)20-15-17(25)6-11-21(20)32-2/h6-11,14-15H,3-5,12-13H2,1-2H3,(H,27,31)(H,26,28,29). The van der Waals surface area contributed by atoms with E-state index in [1.54, 1.807) is 18.2 Å². The summed E-state index contributed by atoms with van der Waals surface area (Å²) < 4.78 is 5.26. The maximum absolute atomic E-state index is 12.7. The van der Waals surface area contributed by atoms with E-state index in [0.717, 1.165) is 30.3 Å². The van der Waals surface area contributed by atoms with Crippen LogP contribution in [-0.2, 0) is 0 Å². The molecule has 1 aliphatic rings. The Morgan fingerprint density at radius 2 is 1.72 bits per heavy atom. The molecule has 2 aromatic carbocycles. The minimum atomic E-state index is -0.293. The molecule has 0 unspecified atom stereocenters. The molecule has 0 bridgehead atoms. The molecule has 0 saturated carbocycles. The average molecular weight is 452 g/mol. The predicted octanol–water partition coefficient (Wildman–Crippen LogP) is 5.43. The maximum Gasteiger partial charge on any atom is 0.259 e. The number of nitrogens with one attached hydrogen (secondary N) is 2. The normalized spacial score (nSPS) is 13.5. The van der Waals surface area contributed by atoms with E-state index in [4.69, 9.17) is 21.3 Å². The topological polar surface area (TPSA) is 79.4 Å². The summed E-state index contributed by atoms with van der Waals surface area (Å²) in [6, 6.07) is 14.3. The van der Waals surface area contributed by atoms with Crippen LogP contribution in [0.25, 0.3) is 0 Å². The Balaban J connectivity index is 1.45. The van der Waals surface area contributed by atoms with Crippen LogP contribution in [-0.4, -0.2) is 36.1 Å². The number of halogens is 1. The van der Waals surface area contributed by atoms with Crippen molar-refractivity contribution < 1.29 is 9.53 Å². The Bertz CT molecular complexity index is 1100. The lowest BCUT2D eigenvalue weighted by atomic mass is 10.1. The molecule has 0 aliphatic carbocycles. The summed E-state index contributed by atoms with van der Waals surface area (Å²) in [6.07, 6.45) is 3.67. The lowest BCUT2D eigenvalue weighted by Crippen LogP contribution is -2.30. The number of carbonyl (C=O) groups is 1. The first-order chi connectivity index (χ1) is 15.5. The summed E-state index contributed by atoms with van der Waals surface area (Å²) in [6.45, 7) is 4.03. The molecule has 0 atom stereocenters. The van der Waals surface area contributed by atoms with E-state index in [9.17, 15) is 4.79 Å². The second kappa shape index (κ2) is 9.87. The molecule has 2 N–H and O–H groups in total. The minimum Gasteiger partial charge on any atom is -0.496 e. The number of ether oxygens (including phenoxy) is 1. The SMILES string of the molecule is COc1ccc(Cl)cc1C(=O)Nc1ccc(Nc2nc(C)cc(N3CCCCC3)n2)cc1. The molecule has 32 heavy (non-hydrogen) atoms. The Morgan fingerprint density at radius 3 is 2.44 bits per heavy atom. The van der Waals surface area contributed by atoms with Gasteiger partial charge in [0.1, 0.15) is 11.6 Å². The molecule has 0 radical (unpaired) electrons. The number of benzene rings is 2. The van der Waals surface area contributed by atoms with Crippen molar-refractivity contribution in [3.8, 4) is 5.75 Å². The fourth-order valence-corrected chi connectivity index (χ4v) is 3.89. The Kier molecular flexibility index (Phi) is 6.75. The first kappa shape index (κ1) is 21.9. The minimum absolute atomic E-state index is 0.293. The molecule has 1 saturated heterocycles. The fourth-order valence-electron chi connectivity index (χ4n) is 3.71. The van der Waals surface area contributed by atoms with Gasteiger partial charge in [0.25, 0.3) is 5.91 Å². The number of methoxy groups -OCH3 is 1. The molecule has 1 amide bonds. The van der Waals surface area contributed by atoms with E-state index >= 15 is 0 Å². The quantitative estimate of drug-likeness (QED) is 0.520. The number of aromatic nitrogens is 2. The number of nitrogens with zero attached hydrogens (tertiary/aromatic N) is 3. The van der Waals surface area contributed by atoms with E-state index in [-0.39, 0.29) is 5.91 Å². The fraction of sp³-hybridized carbons (Fsp3) is 0.292. The smallest absolute Gasteiger partial charge is 0.259 e. The van der Waals surface area contributed by atoms with E-state index in [0.29, 0.717) is 28.0 Å². The van der Waals surface area contributed by atoms with Gasteiger partial charge in [-0.25, -0.2) is 4.98 Å². The van der Waals surface area contributed by atoms with Gasteiger partial charge in [-0.3, -0.25) is 4.79 Å². The van der Waals surface area contributed by atoms with E-state index in [1.807, 2.05) is 37.3 Å². The average Bonchev–Trinajstić information content (AvgIpc) is 2.80. The number of piperidine rings is 1. The Morgan fingerprint density at radius 1 is 1.00 bits per heavy atom. The number of carbonyl (C=O) groups excluding carboxylic acids is 1. The molecule has 4 rings (SSSR count). The highest BCUT2D eigenvalue weighted by atomic mass is 35.5.